The van der Waals surface area contributed by atoms with Gasteiger partial charge in [-0.05, 0) is 13.3 Å². The summed E-state index contributed by atoms with van der Waals surface area (Å²) in [4.78, 5) is 21.5. The molecule has 0 bridgehead atoms. The van der Waals surface area contributed by atoms with Crippen LogP contribution in [0.1, 0.15) is 58.8 Å². The van der Waals surface area contributed by atoms with Gasteiger partial charge in [0.2, 0.25) is 0 Å². The average molecular weight is 252 g/mol. The molecule has 16 heavy (non-hydrogen) atoms. The van der Waals surface area contributed by atoms with Crippen molar-refractivity contribution < 1.29 is 66.1 Å². The van der Waals surface area contributed by atoms with Gasteiger partial charge in [0, 0.05) is 0 Å². The van der Waals surface area contributed by atoms with Crippen LogP contribution in [0.5, 0.6) is 0 Å². The Balaban J connectivity index is 0. The zero-order valence-electron chi connectivity index (χ0n) is 10.8. The number of ketones is 1. The minimum Gasteiger partial charge on any atom is -0.549 e. The molecular formula is C12H21KO3. The molecule has 1 unspecified atom stereocenters. The van der Waals surface area contributed by atoms with Gasteiger partial charge >= 0.3 is 51.4 Å². The number of carbonyl (C=O) groups excluding carboxylic acids is 2. The maximum absolute atomic E-state index is 10.9. The summed E-state index contributed by atoms with van der Waals surface area (Å²) in [5.74, 6) is -2.41. The van der Waals surface area contributed by atoms with E-state index in [9.17, 15) is 14.7 Å². The summed E-state index contributed by atoms with van der Waals surface area (Å²) in [5.41, 5.74) is 0. The van der Waals surface area contributed by atoms with Gasteiger partial charge in [0.1, 0.15) is 5.78 Å². The van der Waals surface area contributed by atoms with Gasteiger partial charge in [-0.3, -0.25) is 4.79 Å². The van der Waals surface area contributed by atoms with Crippen molar-refractivity contribution in [3.63, 3.8) is 0 Å². The molecule has 0 aromatic heterocycles. The second-order valence-corrected chi connectivity index (χ2v) is 4.04. The fourth-order valence-corrected chi connectivity index (χ4v) is 1.62. The van der Waals surface area contributed by atoms with Crippen LogP contribution in [0.15, 0.2) is 0 Å². The normalized spacial score (nSPS) is 11.6. The Labute approximate surface area is 141 Å². The molecule has 0 amide bonds. The molecule has 0 saturated heterocycles. The van der Waals surface area contributed by atoms with Gasteiger partial charge in [-0.25, -0.2) is 0 Å². The summed E-state index contributed by atoms with van der Waals surface area (Å²) < 4.78 is 0. The van der Waals surface area contributed by atoms with E-state index in [1.54, 1.807) is 0 Å². The van der Waals surface area contributed by atoms with Crippen molar-refractivity contribution in [3.05, 3.63) is 0 Å². The number of hydrogen-bond donors (Lipinski definition) is 0. The molecule has 0 aliphatic carbocycles. The van der Waals surface area contributed by atoms with Crippen molar-refractivity contribution in [2.45, 2.75) is 58.8 Å². The number of aliphatic carboxylic acids is 1. The van der Waals surface area contributed by atoms with Gasteiger partial charge in [-0.15, -0.1) is 0 Å². The quantitative estimate of drug-likeness (QED) is 0.291. The Morgan fingerprint density at radius 3 is 2.00 bits per heavy atom. The zero-order chi connectivity index (χ0) is 11.7. The average Bonchev–Trinajstić information content (AvgIpc) is 2.15. The molecule has 0 fully saturated rings. The zero-order valence-corrected chi connectivity index (χ0v) is 13.9. The molecule has 0 rings (SSSR count). The summed E-state index contributed by atoms with van der Waals surface area (Å²) in [5, 5.41) is 10.6. The van der Waals surface area contributed by atoms with Crippen LogP contribution in [-0.2, 0) is 9.59 Å². The van der Waals surface area contributed by atoms with E-state index in [2.05, 4.69) is 6.92 Å². The molecule has 0 radical (unpaired) electrons. The summed E-state index contributed by atoms with van der Waals surface area (Å²) in [7, 11) is 0. The molecule has 88 valence electrons. The second-order valence-electron chi connectivity index (χ2n) is 4.04. The van der Waals surface area contributed by atoms with E-state index in [1.165, 1.54) is 26.2 Å². The van der Waals surface area contributed by atoms with Crippen molar-refractivity contribution in [1.82, 2.24) is 0 Å². The van der Waals surface area contributed by atoms with Crippen LogP contribution in [0.3, 0.4) is 0 Å². The summed E-state index contributed by atoms with van der Waals surface area (Å²) in [6.45, 7) is 3.47. The fourth-order valence-electron chi connectivity index (χ4n) is 1.62. The molecule has 0 aromatic rings. The van der Waals surface area contributed by atoms with Crippen LogP contribution in [0, 0.1) is 5.92 Å². The van der Waals surface area contributed by atoms with Gasteiger partial charge < -0.3 is 9.90 Å². The Hall–Kier alpha value is 0.776. The van der Waals surface area contributed by atoms with E-state index in [1.807, 2.05) is 0 Å². The minimum atomic E-state index is -1.23. The van der Waals surface area contributed by atoms with Crippen LogP contribution in [0.4, 0.5) is 0 Å². The number of hydrogen-bond acceptors (Lipinski definition) is 3. The first kappa shape index (κ1) is 19.1. The summed E-state index contributed by atoms with van der Waals surface area (Å²) in [6.07, 6.45) is 7.02. The number of carboxylic acid groups (broad SMARTS) is 1. The molecule has 0 aliphatic heterocycles. The first-order valence-electron chi connectivity index (χ1n) is 5.81. The summed E-state index contributed by atoms with van der Waals surface area (Å²) in [6, 6.07) is 0. The monoisotopic (exact) mass is 252 g/mol. The fraction of sp³-hybridized carbons (Fsp3) is 0.833. The molecule has 1 atom stereocenters. The van der Waals surface area contributed by atoms with Crippen molar-refractivity contribution in [1.29, 1.82) is 0 Å². The van der Waals surface area contributed by atoms with Gasteiger partial charge in [0.15, 0.2) is 0 Å². The van der Waals surface area contributed by atoms with Crippen molar-refractivity contribution in [2.24, 2.45) is 5.92 Å². The number of Topliss-reactive ketones (excluding diaryl/α,β-unsaturated/α-hetero) is 1. The number of carboxylic acids is 1. The molecule has 0 aliphatic rings. The van der Waals surface area contributed by atoms with Crippen molar-refractivity contribution in [3.8, 4) is 0 Å². The van der Waals surface area contributed by atoms with Gasteiger partial charge in [0.25, 0.3) is 0 Å². The van der Waals surface area contributed by atoms with Gasteiger partial charge in [-0.2, -0.15) is 0 Å². The number of unbranched alkanes of at least 4 members (excludes halogenated alkanes) is 5. The topological polar surface area (TPSA) is 57.2 Å². The van der Waals surface area contributed by atoms with E-state index >= 15 is 0 Å². The largest absolute Gasteiger partial charge is 1.00 e. The van der Waals surface area contributed by atoms with E-state index in [-0.39, 0.29) is 57.2 Å². The Bertz CT molecular complexity index is 190. The first-order chi connectivity index (χ1) is 7.09. The smallest absolute Gasteiger partial charge is 0.549 e. The second kappa shape index (κ2) is 12.2. The van der Waals surface area contributed by atoms with E-state index in [0.717, 1.165) is 19.3 Å². The third-order valence-corrected chi connectivity index (χ3v) is 2.62. The Kier molecular flexibility index (Phi) is 14.6. The maximum Gasteiger partial charge on any atom is 1.00 e. The van der Waals surface area contributed by atoms with E-state index in [4.69, 9.17) is 0 Å². The maximum atomic E-state index is 10.9. The van der Waals surface area contributed by atoms with Crippen LogP contribution >= 0.6 is 0 Å². The van der Waals surface area contributed by atoms with Crippen LogP contribution in [-0.4, -0.2) is 11.8 Å². The van der Waals surface area contributed by atoms with Gasteiger partial charge in [-0.1, -0.05) is 45.4 Å². The summed E-state index contributed by atoms with van der Waals surface area (Å²) >= 11 is 0. The van der Waals surface area contributed by atoms with E-state index in [0.29, 0.717) is 6.42 Å². The standard InChI is InChI=1S/C12H22O3.K/c1-3-4-5-6-7-8-9-11(10(2)13)12(14)15;/h11H,3-9H2,1-2H3,(H,14,15);/q;+1/p-1. The predicted molar refractivity (Wildman–Crippen MR) is 57.2 cm³/mol. The molecule has 0 spiro atoms. The number of rotatable bonds is 9. The molecule has 0 heterocycles. The van der Waals surface area contributed by atoms with Crippen LogP contribution in [0.25, 0.3) is 0 Å². The van der Waals surface area contributed by atoms with Crippen molar-refractivity contribution >= 4 is 11.8 Å². The molecule has 0 aromatic carbocycles. The van der Waals surface area contributed by atoms with Crippen LogP contribution in [0.2, 0.25) is 0 Å². The molecule has 0 N–H and O–H groups in total. The number of carbonyl (C=O) groups is 2. The minimum absolute atomic E-state index is 0. The van der Waals surface area contributed by atoms with Crippen molar-refractivity contribution in [2.75, 3.05) is 0 Å². The Morgan fingerprint density at radius 2 is 1.56 bits per heavy atom. The SMILES string of the molecule is CCCCCCCCC(C(C)=O)C(=O)[O-].[K+]. The van der Waals surface area contributed by atoms with E-state index < -0.39 is 11.9 Å². The van der Waals surface area contributed by atoms with Crippen LogP contribution < -0.4 is 56.5 Å². The van der Waals surface area contributed by atoms with Gasteiger partial charge in [0.05, 0.1) is 11.9 Å². The predicted octanol–water partition coefficient (Wildman–Crippen LogP) is -1.30. The molecule has 0 saturated carbocycles. The molecule has 3 nitrogen and oxygen atoms in total. The first-order valence-corrected chi connectivity index (χ1v) is 5.81. The molecular weight excluding hydrogens is 231 g/mol. The molecule has 4 heteroatoms. The third-order valence-electron chi connectivity index (χ3n) is 2.62. The Morgan fingerprint density at radius 1 is 1.06 bits per heavy atom. The third kappa shape index (κ3) is 9.96.